The van der Waals surface area contributed by atoms with Gasteiger partial charge in [0.05, 0.1) is 22.7 Å². The summed E-state index contributed by atoms with van der Waals surface area (Å²) in [5, 5.41) is 80.3. The molecule has 12 aromatic rings. The third-order valence-corrected chi connectivity index (χ3v) is 11.6. The van der Waals surface area contributed by atoms with Gasteiger partial charge in [0.1, 0.15) is 45.7 Å². The monoisotopic (exact) mass is 992 g/mol. The topological polar surface area (TPSA) is 180 Å². The molecule has 0 aliphatic heterocycles. The van der Waals surface area contributed by atoms with Gasteiger partial charge in [-0.15, -0.1) is 20.5 Å². The number of phenolic OH excluding ortho intramolecular Hbond substituents is 4. The summed E-state index contributed by atoms with van der Waals surface area (Å²) in [5.41, 5.74) is 5.63. The van der Waals surface area contributed by atoms with Gasteiger partial charge in [-0.25, -0.2) is 0 Å². The Morgan fingerprint density at radius 3 is 0.658 bits per heavy atom. The fourth-order valence-corrected chi connectivity index (χ4v) is 7.90. The van der Waals surface area contributed by atoms with E-state index in [1.165, 1.54) is 0 Å². The molecule has 0 radical (unpaired) electrons. The van der Waals surface area contributed by atoms with E-state index in [1.54, 1.807) is 48.5 Å². The summed E-state index contributed by atoms with van der Waals surface area (Å²) in [6.07, 6.45) is 0. The summed E-state index contributed by atoms with van der Waals surface area (Å²) in [4.78, 5) is 0. The molecule has 0 spiro atoms. The molecule has 0 atom stereocenters. The highest BCUT2D eigenvalue weighted by molar-refractivity contribution is 6.15. The highest BCUT2D eigenvalue weighted by atomic mass is 16.3. The van der Waals surface area contributed by atoms with E-state index in [2.05, 4.69) is 40.9 Å². The summed E-state index contributed by atoms with van der Waals surface area (Å²) < 4.78 is 0. The number of para-hydroxylation sites is 2. The van der Waals surface area contributed by atoms with E-state index in [0.717, 1.165) is 77.2 Å². The van der Waals surface area contributed by atoms with E-state index in [4.69, 9.17) is 0 Å². The van der Waals surface area contributed by atoms with Crippen molar-refractivity contribution in [2.75, 3.05) is 0 Å². The van der Waals surface area contributed by atoms with Crippen LogP contribution in [0.3, 0.4) is 0 Å². The molecule has 76 heavy (non-hydrogen) atoms. The normalized spacial score (nSPS) is 11.2. The van der Waals surface area contributed by atoms with E-state index in [0.29, 0.717) is 11.4 Å². The molecular weight excluding hydrogens is 945 g/mol. The van der Waals surface area contributed by atoms with Gasteiger partial charge in [-0.3, -0.25) is 0 Å². The second-order valence-corrected chi connectivity index (χ2v) is 16.7. The van der Waals surface area contributed by atoms with Crippen molar-refractivity contribution in [3.63, 3.8) is 0 Å². The number of rotatable bonds is 8. The molecule has 0 saturated heterocycles. The number of benzene rings is 12. The van der Waals surface area contributed by atoms with Gasteiger partial charge in [-0.2, -0.15) is 20.5 Å². The maximum Gasteiger partial charge on any atom is 0.143 e. The van der Waals surface area contributed by atoms with Crippen LogP contribution >= 0.6 is 0 Å². The summed E-state index contributed by atoms with van der Waals surface area (Å²) in [7, 11) is 0. The number of azo groups is 4. The molecule has 0 fully saturated rings. The lowest BCUT2D eigenvalue weighted by molar-refractivity contribution is 0.476. The standard InChI is InChI=1S/2C20H14N2O.2C12H10N2O/c2*23-20-17-12-6-4-10-15(17)19(16-11-5-7-13-18(16)20)22-21-14-8-2-1-3-9-14;2*15-12-9-5-4-8-11(12)14-13-10-6-2-1-3-7-10/h2*1-13,23H;2*1-9,15H. The number of nitrogens with zero attached hydrogens (tertiary/aromatic N) is 8. The van der Waals surface area contributed by atoms with E-state index < -0.39 is 0 Å². The molecule has 4 N–H and O–H groups in total. The zero-order chi connectivity index (χ0) is 52.3. The van der Waals surface area contributed by atoms with Gasteiger partial charge in [0.15, 0.2) is 0 Å². The molecular formula is C64H48N8O4. The van der Waals surface area contributed by atoms with Crippen molar-refractivity contribution in [1.82, 2.24) is 0 Å². The van der Waals surface area contributed by atoms with Gasteiger partial charge in [-0.05, 0) is 72.8 Å². The van der Waals surface area contributed by atoms with Gasteiger partial charge in [-0.1, -0.05) is 194 Å². The summed E-state index contributed by atoms with van der Waals surface area (Å²) in [5.74, 6) is 0.846. The molecule has 0 aliphatic rings. The zero-order valence-electron chi connectivity index (χ0n) is 40.8. The Morgan fingerprint density at radius 1 is 0.184 bits per heavy atom. The van der Waals surface area contributed by atoms with Crippen LogP contribution in [0, 0.1) is 0 Å². The van der Waals surface area contributed by atoms with Crippen molar-refractivity contribution in [3.8, 4) is 23.0 Å². The van der Waals surface area contributed by atoms with Crippen molar-refractivity contribution < 1.29 is 20.4 Å². The highest BCUT2D eigenvalue weighted by Gasteiger charge is 2.14. The lowest BCUT2D eigenvalue weighted by atomic mass is 10.00. The molecule has 0 bridgehead atoms. The predicted octanol–water partition coefficient (Wildman–Crippen LogP) is 19.8. The predicted molar refractivity (Wildman–Crippen MR) is 305 cm³/mol. The fraction of sp³-hybridized carbons (Fsp3) is 0. The Labute approximate surface area is 438 Å². The minimum atomic E-state index is 0.136. The average molecular weight is 993 g/mol. The first-order valence-corrected chi connectivity index (χ1v) is 24.1. The molecule has 12 rings (SSSR count). The molecule has 12 aromatic carbocycles. The Morgan fingerprint density at radius 2 is 0.395 bits per heavy atom. The van der Waals surface area contributed by atoms with E-state index in [9.17, 15) is 20.4 Å². The summed E-state index contributed by atoms with van der Waals surface area (Å²) >= 11 is 0. The van der Waals surface area contributed by atoms with Crippen LogP contribution in [0.5, 0.6) is 23.0 Å². The smallest absolute Gasteiger partial charge is 0.143 e. The maximum absolute atomic E-state index is 10.5. The first-order chi connectivity index (χ1) is 37.4. The molecule has 0 aliphatic carbocycles. The molecule has 0 amide bonds. The Kier molecular flexibility index (Phi) is 16.6. The van der Waals surface area contributed by atoms with E-state index in [-0.39, 0.29) is 23.0 Å². The molecule has 0 aromatic heterocycles. The first-order valence-electron chi connectivity index (χ1n) is 24.1. The van der Waals surface area contributed by atoms with Gasteiger partial charge in [0.2, 0.25) is 0 Å². The molecule has 0 unspecified atom stereocenters. The third-order valence-electron chi connectivity index (χ3n) is 11.6. The molecule has 0 saturated carbocycles. The van der Waals surface area contributed by atoms with Crippen LogP contribution in [0.2, 0.25) is 0 Å². The number of fused-ring (bicyclic) bond motifs is 4. The molecule has 368 valence electrons. The second-order valence-electron chi connectivity index (χ2n) is 16.7. The number of aromatic hydroxyl groups is 4. The number of phenols is 4. The third kappa shape index (κ3) is 12.7. The lowest BCUT2D eigenvalue weighted by Gasteiger charge is -2.09. The van der Waals surface area contributed by atoms with Crippen LogP contribution in [0.15, 0.2) is 308 Å². The summed E-state index contributed by atoms with van der Waals surface area (Å²) in [6, 6.07) is 82.6. The minimum Gasteiger partial charge on any atom is -0.507 e. The quantitative estimate of drug-likeness (QED) is 0.0874. The van der Waals surface area contributed by atoms with Crippen LogP contribution in [-0.4, -0.2) is 20.4 Å². The second kappa shape index (κ2) is 25.1. The van der Waals surface area contributed by atoms with Gasteiger partial charge in [0.25, 0.3) is 0 Å². The van der Waals surface area contributed by atoms with Crippen molar-refractivity contribution in [2.45, 2.75) is 0 Å². The molecule has 12 heteroatoms. The Hall–Kier alpha value is -10.7. The van der Waals surface area contributed by atoms with Crippen molar-refractivity contribution in [2.24, 2.45) is 40.9 Å². The van der Waals surface area contributed by atoms with Crippen molar-refractivity contribution in [3.05, 3.63) is 267 Å². The van der Waals surface area contributed by atoms with Gasteiger partial charge in [0, 0.05) is 43.1 Å². The van der Waals surface area contributed by atoms with Crippen LogP contribution in [-0.2, 0) is 0 Å². The fourth-order valence-electron chi connectivity index (χ4n) is 7.90. The molecule has 0 heterocycles. The van der Waals surface area contributed by atoms with Gasteiger partial charge < -0.3 is 20.4 Å². The van der Waals surface area contributed by atoms with E-state index >= 15 is 0 Å². The average Bonchev–Trinajstić information content (AvgIpc) is 3.49. The van der Waals surface area contributed by atoms with Crippen LogP contribution in [0.4, 0.5) is 45.5 Å². The highest BCUT2D eigenvalue weighted by Crippen LogP contribution is 2.44. The molecule has 12 nitrogen and oxygen atoms in total. The number of hydrogen-bond acceptors (Lipinski definition) is 12. The largest absolute Gasteiger partial charge is 0.507 e. The van der Waals surface area contributed by atoms with Gasteiger partial charge >= 0.3 is 0 Å². The number of hydrogen-bond donors (Lipinski definition) is 4. The summed E-state index contributed by atoms with van der Waals surface area (Å²) in [6.45, 7) is 0. The van der Waals surface area contributed by atoms with Crippen molar-refractivity contribution in [1.29, 1.82) is 0 Å². The van der Waals surface area contributed by atoms with Crippen LogP contribution in [0.25, 0.3) is 43.1 Å². The van der Waals surface area contributed by atoms with Crippen LogP contribution < -0.4 is 0 Å². The Balaban J connectivity index is 0.000000126. The maximum atomic E-state index is 10.5. The SMILES string of the molecule is Oc1c2ccccc2c(N=Nc2ccccc2)c2ccccc12.Oc1c2ccccc2c(N=Nc2ccccc2)c2ccccc12.Oc1ccccc1N=Nc1ccccc1.Oc1ccccc1N=Nc1ccccc1. The Bertz CT molecular complexity index is 3610. The lowest BCUT2D eigenvalue weighted by Crippen LogP contribution is -1.80. The van der Waals surface area contributed by atoms with Crippen LogP contribution in [0.1, 0.15) is 0 Å². The van der Waals surface area contributed by atoms with E-state index in [1.807, 2.05) is 218 Å². The first kappa shape index (κ1) is 50.2. The van der Waals surface area contributed by atoms with Crippen molar-refractivity contribution >= 4 is 88.6 Å². The zero-order valence-corrected chi connectivity index (χ0v) is 40.8. The minimum absolute atomic E-state index is 0.136.